The Labute approximate surface area is 206 Å². The van der Waals surface area contributed by atoms with E-state index in [2.05, 4.69) is 20.4 Å². The zero-order valence-electron chi connectivity index (χ0n) is 18.4. The van der Waals surface area contributed by atoms with Gasteiger partial charge in [0.05, 0.1) is 48.8 Å². The fraction of sp³-hybridized carbons (Fsp3) is 0.522. The van der Waals surface area contributed by atoms with Crippen molar-refractivity contribution in [3.05, 3.63) is 40.3 Å². The second-order valence-electron chi connectivity index (χ2n) is 9.35. The highest BCUT2D eigenvalue weighted by Gasteiger charge is 2.39. The third-order valence-electron chi connectivity index (χ3n) is 7.03. The van der Waals surface area contributed by atoms with Crippen LogP contribution >= 0.6 is 23.2 Å². The summed E-state index contributed by atoms with van der Waals surface area (Å²) in [5.41, 5.74) is 2.07. The van der Waals surface area contributed by atoms with Crippen LogP contribution in [0.15, 0.2) is 24.5 Å². The topological polar surface area (TPSA) is 88.3 Å². The molecular weight excluding hydrogens is 482 g/mol. The van der Waals surface area contributed by atoms with Crippen molar-refractivity contribution in [2.75, 3.05) is 31.6 Å². The molecule has 8 nitrogen and oxygen atoms in total. The number of aliphatic hydroxyl groups is 1. The minimum atomic E-state index is -1.11. The molecule has 2 aliphatic heterocycles. The fourth-order valence-corrected chi connectivity index (χ4v) is 5.59. The molecule has 1 saturated carbocycles. The van der Waals surface area contributed by atoms with E-state index in [1.807, 2.05) is 15.6 Å². The summed E-state index contributed by atoms with van der Waals surface area (Å²) < 4.78 is 22.5. The molecule has 2 N–H and O–H groups in total. The molecular formula is C23H25Cl2FN6O2. The summed E-state index contributed by atoms with van der Waals surface area (Å²) in [4.78, 5) is 11.0. The molecule has 0 bridgehead atoms. The molecule has 6 rings (SSSR count). The first kappa shape index (κ1) is 22.4. The van der Waals surface area contributed by atoms with E-state index in [9.17, 15) is 5.11 Å². The van der Waals surface area contributed by atoms with E-state index in [0.717, 1.165) is 23.8 Å². The van der Waals surface area contributed by atoms with E-state index < -0.39 is 12.3 Å². The van der Waals surface area contributed by atoms with E-state index >= 15 is 4.39 Å². The van der Waals surface area contributed by atoms with E-state index in [1.54, 1.807) is 18.5 Å². The molecule has 4 atom stereocenters. The number of aromatic nitrogens is 4. The number of anilines is 2. The normalized spacial score (nSPS) is 28.0. The van der Waals surface area contributed by atoms with Crippen LogP contribution < -0.4 is 5.32 Å². The van der Waals surface area contributed by atoms with Crippen molar-refractivity contribution < 1.29 is 14.2 Å². The summed E-state index contributed by atoms with van der Waals surface area (Å²) in [6, 6.07) is 3.88. The van der Waals surface area contributed by atoms with Crippen LogP contribution in [-0.4, -0.2) is 74.4 Å². The lowest BCUT2D eigenvalue weighted by Crippen LogP contribution is -2.50. The van der Waals surface area contributed by atoms with Gasteiger partial charge in [-0.2, -0.15) is 5.10 Å². The van der Waals surface area contributed by atoms with Crippen molar-refractivity contribution in [3.63, 3.8) is 0 Å². The minimum Gasteiger partial charge on any atom is -0.389 e. The predicted molar refractivity (Wildman–Crippen MR) is 128 cm³/mol. The number of rotatable bonds is 5. The summed E-state index contributed by atoms with van der Waals surface area (Å²) in [6.45, 7) is 1.65. The number of halogens is 3. The number of nitrogens with one attached hydrogen (secondary N) is 1. The largest absolute Gasteiger partial charge is 0.389 e. The highest BCUT2D eigenvalue weighted by molar-refractivity contribution is 6.32. The number of piperidine rings is 1. The summed E-state index contributed by atoms with van der Waals surface area (Å²) >= 11 is 13.0. The number of hydrogen-bond acceptors (Lipinski definition) is 7. The Morgan fingerprint density at radius 1 is 1.15 bits per heavy atom. The number of nitrogens with zero attached hydrogens (tertiary/aromatic N) is 5. The number of aliphatic hydroxyl groups excluding tert-OH is 1. The molecule has 1 aliphatic carbocycles. The maximum absolute atomic E-state index is 15.3. The molecule has 4 heterocycles. The van der Waals surface area contributed by atoms with Crippen molar-refractivity contribution in [1.29, 1.82) is 0 Å². The van der Waals surface area contributed by atoms with E-state index in [0.29, 0.717) is 59.5 Å². The first-order chi connectivity index (χ1) is 16.5. The summed E-state index contributed by atoms with van der Waals surface area (Å²) in [7, 11) is 0. The molecule has 0 radical (unpaired) electrons. The number of alkyl halides is 1. The van der Waals surface area contributed by atoms with Gasteiger partial charge in [-0.3, -0.25) is 4.90 Å². The van der Waals surface area contributed by atoms with E-state index in [4.69, 9.17) is 27.9 Å². The van der Waals surface area contributed by atoms with Gasteiger partial charge in [-0.15, -0.1) is 0 Å². The van der Waals surface area contributed by atoms with Crippen molar-refractivity contribution in [1.82, 2.24) is 24.6 Å². The first-order valence-electron chi connectivity index (χ1n) is 11.6. The Hall–Kier alpha value is -2.04. The Morgan fingerprint density at radius 3 is 2.74 bits per heavy atom. The second-order valence-corrected chi connectivity index (χ2v) is 10.1. The third kappa shape index (κ3) is 4.13. The van der Waals surface area contributed by atoms with Gasteiger partial charge in [0, 0.05) is 29.1 Å². The van der Waals surface area contributed by atoms with Crippen molar-refractivity contribution >= 4 is 45.7 Å². The minimum absolute atomic E-state index is 0.149. The maximum Gasteiger partial charge on any atom is 0.227 e. The van der Waals surface area contributed by atoms with Crippen molar-refractivity contribution in [2.24, 2.45) is 0 Å². The van der Waals surface area contributed by atoms with Gasteiger partial charge in [0.25, 0.3) is 0 Å². The molecule has 2 aromatic heterocycles. The lowest BCUT2D eigenvalue weighted by atomic mass is 9.86. The summed E-state index contributed by atoms with van der Waals surface area (Å²) in [5, 5.41) is 19.4. The Balaban J connectivity index is 1.23. The Bertz CT molecular complexity index is 1220. The van der Waals surface area contributed by atoms with Crippen LogP contribution in [0.25, 0.3) is 10.9 Å². The van der Waals surface area contributed by atoms with E-state index in [-0.39, 0.29) is 18.5 Å². The van der Waals surface area contributed by atoms with Crippen LogP contribution in [0.1, 0.15) is 36.8 Å². The molecule has 11 heteroatoms. The Kier molecular flexibility index (Phi) is 5.85. The number of benzene rings is 1. The molecule has 3 fully saturated rings. The SMILES string of the molecule is O[C@H]1COC[C@H]1N1CC[C@@H](c2cc3nc(Nc4cnn(C5CC5)c4Cl)ncc3cc2Cl)[C@H](F)C1. The maximum atomic E-state index is 15.3. The third-order valence-corrected chi connectivity index (χ3v) is 7.74. The highest BCUT2D eigenvalue weighted by atomic mass is 35.5. The predicted octanol–water partition coefficient (Wildman–Crippen LogP) is 4.10. The van der Waals surface area contributed by atoms with Gasteiger partial charge in [0.15, 0.2) is 5.15 Å². The number of hydrogen-bond donors (Lipinski definition) is 2. The monoisotopic (exact) mass is 506 g/mol. The van der Waals surface area contributed by atoms with Gasteiger partial charge >= 0.3 is 0 Å². The van der Waals surface area contributed by atoms with Gasteiger partial charge in [0.2, 0.25) is 5.95 Å². The van der Waals surface area contributed by atoms with Crippen LogP contribution in [0.5, 0.6) is 0 Å². The lowest BCUT2D eigenvalue weighted by molar-refractivity contribution is 0.0353. The van der Waals surface area contributed by atoms with Gasteiger partial charge < -0.3 is 15.2 Å². The quantitative estimate of drug-likeness (QED) is 0.538. The first-order valence-corrected chi connectivity index (χ1v) is 12.3. The summed E-state index contributed by atoms with van der Waals surface area (Å²) in [5.74, 6) is 0.0464. The molecule has 2 saturated heterocycles. The Morgan fingerprint density at radius 2 is 2.00 bits per heavy atom. The zero-order valence-corrected chi connectivity index (χ0v) is 19.9. The number of ether oxygens (including phenoxy) is 1. The van der Waals surface area contributed by atoms with Crippen molar-refractivity contribution in [2.45, 2.75) is 49.5 Å². The molecule has 0 unspecified atom stereocenters. The highest BCUT2D eigenvalue weighted by Crippen LogP contribution is 2.40. The molecule has 0 amide bonds. The van der Waals surface area contributed by atoms with E-state index in [1.165, 1.54) is 0 Å². The van der Waals surface area contributed by atoms with Gasteiger partial charge in [-0.25, -0.2) is 19.0 Å². The number of likely N-dealkylation sites (tertiary alicyclic amines) is 1. The van der Waals surface area contributed by atoms with Gasteiger partial charge in [-0.1, -0.05) is 23.2 Å². The fourth-order valence-electron chi connectivity index (χ4n) is 5.00. The molecule has 34 heavy (non-hydrogen) atoms. The van der Waals surface area contributed by atoms with Crippen LogP contribution in [-0.2, 0) is 4.74 Å². The standard InChI is InChI=1S/C23H25Cl2FN6O2/c24-16-5-12-7-27-23(30-19-8-28-32(22(19)25)13-1-2-13)29-18(12)6-15(16)14-3-4-31(9-17(14)26)20-10-34-11-21(20)33/h5-8,13-14,17,20-21,33H,1-4,9-11H2,(H,27,29,30)/t14-,17+,20+,21-/m0/s1. The molecule has 1 aromatic carbocycles. The molecule has 180 valence electrons. The van der Waals surface area contributed by atoms with Crippen LogP contribution in [0.4, 0.5) is 16.0 Å². The molecule has 0 spiro atoms. The average Bonchev–Trinajstić information content (AvgIpc) is 3.47. The second kappa shape index (κ2) is 8.87. The van der Waals surface area contributed by atoms with Crippen LogP contribution in [0.2, 0.25) is 10.2 Å². The van der Waals surface area contributed by atoms with Crippen molar-refractivity contribution in [3.8, 4) is 0 Å². The van der Waals surface area contributed by atoms with Crippen LogP contribution in [0.3, 0.4) is 0 Å². The van der Waals surface area contributed by atoms with Crippen LogP contribution in [0, 0.1) is 0 Å². The number of fused-ring (bicyclic) bond motifs is 1. The molecule has 3 aliphatic rings. The molecule has 3 aromatic rings. The lowest BCUT2D eigenvalue weighted by Gasteiger charge is -2.39. The zero-order chi connectivity index (χ0) is 23.4. The summed E-state index contributed by atoms with van der Waals surface area (Å²) in [6.07, 6.45) is 4.46. The smallest absolute Gasteiger partial charge is 0.227 e. The average molecular weight is 507 g/mol. The van der Waals surface area contributed by atoms with Gasteiger partial charge in [0.1, 0.15) is 6.17 Å². The van der Waals surface area contributed by atoms with Gasteiger partial charge in [-0.05, 0) is 43.5 Å².